The Bertz CT molecular complexity index is 905. The molecule has 36 heavy (non-hydrogen) atoms. The second kappa shape index (κ2) is 11.1. The first kappa shape index (κ1) is 30.7. The number of carbonyl (C=O) groups excluding carboxylic acids is 2. The number of β-lactam (4-membered cyclic amide) rings is 1. The number of hydrogen-bond donors (Lipinski definition) is 1. The Hall–Kier alpha value is -1.49. The Labute approximate surface area is 221 Å². The Balaban J connectivity index is 2.17. The van der Waals surface area contributed by atoms with Gasteiger partial charge in [-0.2, -0.15) is 0 Å². The molecule has 0 bridgehead atoms. The topological polar surface area (TPSA) is 76.1 Å². The maximum absolute atomic E-state index is 13.6. The number of esters is 1. The highest BCUT2D eigenvalue weighted by atomic mass is 28.4. The third kappa shape index (κ3) is 6.88. The monoisotopic (exact) mass is 535 g/mol. The highest BCUT2D eigenvalue weighted by Crippen LogP contribution is 2.48. The van der Waals surface area contributed by atoms with Crippen molar-refractivity contribution in [2.75, 3.05) is 0 Å². The first-order valence-electron chi connectivity index (χ1n) is 13.2. The Morgan fingerprint density at radius 3 is 2.08 bits per heavy atom. The summed E-state index contributed by atoms with van der Waals surface area (Å²) in [7, 11) is -4.27. The lowest BCUT2D eigenvalue weighted by molar-refractivity contribution is -0.157. The average Bonchev–Trinajstić information content (AvgIpc) is 2.70. The van der Waals surface area contributed by atoms with Gasteiger partial charge in [0.05, 0.1) is 24.5 Å². The van der Waals surface area contributed by atoms with Gasteiger partial charge < -0.3 is 18.8 Å². The minimum atomic E-state index is -2.18. The van der Waals surface area contributed by atoms with Crippen molar-refractivity contribution in [2.24, 2.45) is 5.92 Å². The Morgan fingerprint density at radius 1 is 1.03 bits per heavy atom. The second-order valence-electron chi connectivity index (χ2n) is 13.4. The van der Waals surface area contributed by atoms with Crippen molar-refractivity contribution in [1.82, 2.24) is 4.57 Å². The number of amides is 1. The molecule has 0 spiro atoms. The van der Waals surface area contributed by atoms with E-state index in [1.54, 1.807) is 0 Å². The summed E-state index contributed by atoms with van der Waals surface area (Å²) in [6, 6.07) is 9.34. The molecule has 1 aromatic rings. The summed E-state index contributed by atoms with van der Waals surface area (Å²) in [5.41, 5.74) is 0.908. The van der Waals surface area contributed by atoms with E-state index in [9.17, 15) is 14.7 Å². The van der Waals surface area contributed by atoms with Crippen LogP contribution in [0.2, 0.25) is 36.3 Å². The van der Waals surface area contributed by atoms with Crippen molar-refractivity contribution in [3.63, 3.8) is 0 Å². The van der Waals surface area contributed by atoms with E-state index in [1.165, 1.54) is 0 Å². The molecule has 0 aromatic heterocycles. The van der Waals surface area contributed by atoms with Gasteiger partial charge >= 0.3 is 5.97 Å². The van der Waals surface area contributed by atoms with Gasteiger partial charge in [0.15, 0.2) is 16.6 Å². The number of benzene rings is 1. The second-order valence-corrected chi connectivity index (χ2v) is 23.3. The van der Waals surface area contributed by atoms with Crippen LogP contribution in [0.4, 0.5) is 0 Å². The van der Waals surface area contributed by atoms with Crippen LogP contribution in [0.3, 0.4) is 0 Å². The maximum Gasteiger partial charge on any atom is 0.308 e. The highest BCUT2D eigenvalue weighted by Gasteiger charge is 2.59. The Morgan fingerprint density at radius 2 is 1.58 bits per heavy atom. The van der Waals surface area contributed by atoms with Gasteiger partial charge in [0.2, 0.25) is 5.91 Å². The number of rotatable bonds is 10. The zero-order valence-corrected chi connectivity index (χ0v) is 26.3. The Kier molecular flexibility index (Phi) is 9.47. The zero-order chi connectivity index (χ0) is 27.7. The van der Waals surface area contributed by atoms with Crippen molar-refractivity contribution >= 4 is 28.4 Å². The van der Waals surface area contributed by atoms with E-state index in [4.69, 9.17) is 9.16 Å². The highest BCUT2D eigenvalue weighted by molar-refractivity contribution is 6.80. The van der Waals surface area contributed by atoms with Crippen molar-refractivity contribution < 1.29 is 23.9 Å². The van der Waals surface area contributed by atoms with E-state index in [-0.39, 0.29) is 47.1 Å². The molecule has 3 unspecified atom stereocenters. The smallest absolute Gasteiger partial charge is 0.308 e. The van der Waals surface area contributed by atoms with Gasteiger partial charge in [-0.05, 0) is 42.1 Å². The fourth-order valence-electron chi connectivity index (χ4n) is 4.45. The minimum Gasteiger partial charge on any atom is -0.461 e. The molecule has 0 aliphatic carbocycles. The summed E-state index contributed by atoms with van der Waals surface area (Å²) in [6.07, 6.45) is -0.885. The zero-order valence-electron chi connectivity index (χ0n) is 24.3. The van der Waals surface area contributed by atoms with Crippen LogP contribution in [0.25, 0.3) is 0 Å². The lowest BCUT2D eigenvalue weighted by Gasteiger charge is -2.60. The van der Waals surface area contributed by atoms with Crippen molar-refractivity contribution in [3.8, 4) is 0 Å². The summed E-state index contributed by atoms with van der Waals surface area (Å²) in [5.74, 6) is -0.627. The molecule has 6 nitrogen and oxygen atoms in total. The molecule has 1 amide bonds. The molecular weight excluding hydrogens is 486 g/mol. The average molecular weight is 536 g/mol. The van der Waals surface area contributed by atoms with Crippen molar-refractivity contribution in [3.05, 3.63) is 35.9 Å². The van der Waals surface area contributed by atoms with Crippen LogP contribution in [0, 0.1) is 5.92 Å². The fraction of sp³-hybridized carbons (Fsp3) is 0.714. The summed E-state index contributed by atoms with van der Waals surface area (Å²) >= 11 is 0. The third-order valence-corrected chi connectivity index (χ3v) is 18.7. The number of carbonyl (C=O) groups is 2. The quantitative estimate of drug-likeness (QED) is 0.222. The van der Waals surface area contributed by atoms with Crippen LogP contribution in [-0.4, -0.2) is 56.4 Å². The number of aliphatic hydroxyl groups is 1. The van der Waals surface area contributed by atoms with Crippen LogP contribution in [0.15, 0.2) is 30.3 Å². The molecule has 1 heterocycles. The fourth-order valence-corrected chi connectivity index (χ4v) is 8.40. The SMILES string of the molecule is C[C@@H](O[Si](C)(C)C(C)(C)C)C1C(=O)N([Si](C)(C)C(C)(C)C)C1CC(O)CC(=O)OCc1ccccc1. The van der Waals surface area contributed by atoms with E-state index in [1.807, 2.05) is 37.3 Å². The molecule has 1 aliphatic heterocycles. The summed E-state index contributed by atoms with van der Waals surface area (Å²) < 4.78 is 14.1. The molecule has 1 N–H and O–H groups in total. The van der Waals surface area contributed by atoms with Crippen molar-refractivity contribution in [1.29, 1.82) is 0 Å². The molecule has 0 saturated carbocycles. The van der Waals surface area contributed by atoms with Gasteiger partial charge in [0.1, 0.15) is 6.61 Å². The predicted octanol–water partition coefficient (Wildman–Crippen LogP) is 6.11. The molecule has 1 aromatic carbocycles. The van der Waals surface area contributed by atoms with Crippen LogP contribution in [0.1, 0.15) is 66.9 Å². The molecule has 4 atom stereocenters. The lowest BCUT2D eigenvalue weighted by atomic mass is 9.82. The van der Waals surface area contributed by atoms with Gasteiger partial charge in [-0.1, -0.05) is 85.0 Å². The van der Waals surface area contributed by atoms with Crippen LogP contribution >= 0.6 is 0 Å². The predicted molar refractivity (Wildman–Crippen MR) is 151 cm³/mol. The van der Waals surface area contributed by atoms with Gasteiger partial charge in [-0.25, -0.2) is 0 Å². The van der Waals surface area contributed by atoms with Crippen LogP contribution < -0.4 is 0 Å². The lowest BCUT2D eigenvalue weighted by Crippen LogP contribution is -2.75. The first-order valence-corrected chi connectivity index (χ1v) is 19.0. The number of hydrogen-bond acceptors (Lipinski definition) is 5. The van der Waals surface area contributed by atoms with Gasteiger partial charge in [-0.15, -0.1) is 0 Å². The van der Waals surface area contributed by atoms with Crippen LogP contribution in [0.5, 0.6) is 0 Å². The normalized spacial score (nSPS) is 21.1. The van der Waals surface area contributed by atoms with E-state index in [0.29, 0.717) is 6.42 Å². The molecule has 204 valence electrons. The molecule has 1 aliphatic rings. The van der Waals surface area contributed by atoms with Gasteiger partial charge in [-0.3, -0.25) is 9.59 Å². The number of ether oxygens (including phenoxy) is 1. The van der Waals surface area contributed by atoms with Crippen LogP contribution in [-0.2, 0) is 25.4 Å². The molecular formula is C28H49NO5Si2. The number of aliphatic hydroxyl groups excluding tert-OH is 1. The molecule has 1 saturated heterocycles. The van der Waals surface area contributed by atoms with E-state index < -0.39 is 28.6 Å². The summed E-state index contributed by atoms with van der Waals surface area (Å²) in [6.45, 7) is 24.1. The number of nitrogens with zero attached hydrogens (tertiary/aromatic N) is 1. The molecule has 8 heteroatoms. The van der Waals surface area contributed by atoms with E-state index in [0.717, 1.165) is 5.56 Å². The minimum absolute atomic E-state index is 0.0324. The molecule has 2 rings (SSSR count). The van der Waals surface area contributed by atoms with Gasteiger partial charge in [0.25, 0.3) is 0 Å². The first-order chi connectivity index (χ1) is 16.3. The van der Waals surface area contributed by atoms with E-state index in [2.05, 4.69) is 72.3 Å². The standard InChI is InChI=1S/C28H49NO5Si2/c1-20(34-36(10,11)28(5,6)7)25-23(29(26(25)32)35(8,9)27(2,3)4)17-22(30)18-24(31)33-19-21-15-13-12-14-16-21/h12-16,20,22-23,25,30H,17-19H2,1-11H3/t20-,22?,23?,25?/m1/s1. The van der Waals surface area contributed by atoms with Gasteiger partial charge in [0, 0.05) is 6.04 Å². The largest absolute Gasteiger partial charge is 0.461 e. The third-order valence-electron chi connectivity index (χ3n) is 8.66. The summed E-state index contributed by atoms with van der Waals surface area (Å²) in [4.78, 5) is 26.1. The molecule has 1 fully saturated rings. The van der Waals surface area contributed by atoms with E-state index >= 15 is 0 Å². The van der Waals surface area contributed by atoms with Crippen molar-refractivity contribution in [2.45, 2.75) is 122 Å². The maximum atomic E-state index is 13.6. The molecule has 0 radical (unpaired) electrons. The summed E-state index contributed by atoms with van der Waals surface area (Å²) in [5, 5.41) is 10.9.